The summed E-state index contributed by atoms with van der Waals surface area (Å²) >= 11 is 0. The molecule has 1 N–H and O–H groups in total. The third-order valence-electron chi connectivity index (χ3n) is 4.59. The van der Waals surface area contributed by atoms with Gasteiger partial charge in [0.05, 0.1) is 26.7 Å². The maximum atomic E-state index is 12.2. The molecule has 0 atom stereocenters. The zero-order chi connectivity index (χ0) is 18.2. The van der Waals surface area contributed by atoms with Crippen molar-refractivity contribution in [2.75, 3.05) is 44.9 Å². The Morgan fingerprint density at radius 2 is 1.85 bits per heavy atom. The fourth-order valence-electron chi connectivity index (χ4n) is 3.14. The van der Waals surface area contributed by atoms with Crippen LogP contribution in [0, 0.1) is 0 Å². The second kappa shape index (κ2) is 9.25. The fourth-order valence-corrected chi connectivity index (χ4v) is 3.14. The van der Waals surface area contributed by atoms with Crippen molar-refractivity contribution in [2.24, 2.45) is 0 Å². The second-order valence-corrected chi connectivity index (χ2v) is 6.35. The lowest BCUT2D eigenvalue weighted by molar-refractivity contribution is -0.120. The summed E-state index contributed by atoms with van der Waals surface area (Å²) in [5, 5.41) is 2.99. The summed E-state index contributed by atoms with van der Waals surface area (Å²) in [6, 6.07) is 16.1. The highest BCUT2D eigenvalue weighted by molar-refractivity contribution is 5.78. The van der Waals surface area contributed by atoms with Crippen molar-refractivity contribution in [1.29, 1.82) is 0 Å². The highest BCUT2D eigenvalue weighted by atomic mass is 16.5. The van der Waals surface area contributed by atoms with Gasteiger partial charge in [0.15, 0.2) is 0 Å². The van der Waals surface area contributed by atoms with Crippen LogP contribution in [0.3, 0.4) is 0 Å². The van der Waals surface area contributed by atoms with Crippen molar-refractivity contribution in [3.63, 3.8) is 0 Å². The van der Waals surface area contributed by atoms with Gasteiger partial charge < -0.3 is 19.7 Å². The SMILES string of the molecule is COc1ccccc1CCNC(=O)Cc1ccc(N2CCOCC2)cc1. The van der Waals surface area contributed by atoms with Crippen molar-refractivity contribution in [2.45, 2.75) is 12.8 Å². The monoisotopic (exact) mass is 354 g/mol. The number of amides is 1. The molecule has 1 aliphatic rings. The molecular weight excluding hydrogens is 328 g/mol. The van der Waals surface area contributed by atoms with Crippen LogP contribution >= 0.6 is 0 Å². The van der Waals surface area contributed by atoms with Gasteiger partial charge in [-0.2, -0.15) is 0 Å². The highest BCUT2D eigenvalue weighted by Crippen LogP contribution is 2.18. The molecule has 5 heteroatoms. The molecule has 1 heterocycles. The van der Waals surface area contributed by atoms with Gasteiger partial charge >= 0.3 is 0 Å². The van der Waals surface area contributed by atoms with Gasteiger partial charge in [-0.05, 0) is 35.7 Å². The van der Waals surface area contributed by atoms with Crippen LogP contribution in [0.1, 0.15) is 11.1 Å². The van der Waals surface area contributed by atoms with Crippen LogP contribution in [-0.4, -0.2) is 45.9 Å². The van der Waals surface area contributed by atoms with Crippen molar-refractivity contribution >= 4 is 11.6 Å². The van der Waals surface area contributed by atoms with Crippen molar-refractivity contribution in [3.8, 4) is 5.75 Å². The summed E-state index contributed by atoms with van der Waals surface area (Å²) in [5.74, 6) is 0.902. The molecule has 2 aromatic carbocycles. The third-order valence-corrected chi connectivity index (χ3v) is 4.59. The number of carbonyl (C=O) groups excluding carboxylic acids is 1. The minimum absolute atomic E-state index is 0.0408. The molecule has 3 rings (SSSR count). The summed E-state index contributed by atoms with van der Waals surface area (Å²) in [7, 11) is 1.66. The summed E-state index contributed by atoms with van der Waals surface area (Å²) in [6.45, 7) is 3.99. The van der Waals surface area contributed by atoms with Crippen LogP contribution in [0.4, 0.5) is 5.69 Å². The number of ether oxygens (including phenoxy) is 2. The molecule has 1 aliphatic heterocycles. The molecule has 0 saturated carbocycles. The van der Waals surface area contributed by atoms with E-state index in [4.69, 9.17) is 9.47 Å². The Hall–Kier alpha value is -2.53. The van der Waals surface area contributed by atoms with E-state index in [1.54, 1.807) is 7.11 Å². The third kappa shape index (κ3) is 4.99. The fraction of sp³-hybridized carbons (Fsp3) is 0.381. The van der Waals surface area contributed by atoms with Crippen LogP contribution in [0.5, 0.6) is 5.75 Å². The van der Waals surface area contributed by atoms with Crippen LogP contribution in [0.15, 0.2) is 48.5 Å². The quantitative estimate of drug-likeness (QED) is 0.830. The maximum absolute atomic E-state index is 12.2. The molecule has 1 fully saturated rings. The summed E-state index contributed by atoms with van der Waals surface area (Å²) in [4.78, 5) is 14.5. The van der Waals surface area contributed by atoms with E-state index in [0.29, 0.717) is 13.0 Å². The van der Waals surface area contributed by atoms with E-state index in [1.807, 2.05) is 36.4 Å². The lowest BCUT2D eigenvalue weighted by atomic mass is 10.1. The van der Waals surface area contributed by atoms with Crippen LogP contribution in [0.25, 0.3) is 0 Å². The highest BCUT2D eigenvalue weighted by Gasteiger charge is 2.11. The topological polar surface area (TPSA) is 50.8 Å². The number of morpholine rings is 1. The number of para-hydroxylation sites is 1. The number of methoxy groups -OCH3 is 1. The second-order valence-electron chi connectivity index (χ2n) is 6.35. The lowest BCUT2D eigenvalue weighted by Crippen LogP contribution is -2.36. The Kier molecular flexibility index (Phi) is 6.50. The number of rotatable bonds is 7. The van der Waals surface area contributed by atoms with Gasteiger partial charge in [0.25, 0.3) is 0 Å². The Bertz CT molecular complexity index is 709. The molecule has 0 bridgehead atoms. The van der Waals surface area contributed by atoms with E-state index in [2.05, 4.69) is 22.3 Å². The molecule has 0 aliphatic carbocycles. The number of nitrogens with one attached hydrogen (secondary N) is 1. The molecular formula is C21H26N2O3. The average Bonchev–Trinajstić information content (AvgIpc) is 2.69. The van der Waals surface area contributed by atoms with Gasteiger partial charge in [-0.15, -0.1) is 0 Å². The molecule has 0 spiro atoms. The molecule has 138 valence electrons. The summed E-state index contributed by atoms with van der Waals surface area (Å²) < 4.78 is 10.7. The minimum Gasteiger partial charge on any atom is -0.496 e. The number of carbonyl (C=O) groups is 1. The Labute approximate surface area is 154 Å². The van der Waals surface area contributed by atoms with E-state index in [0.717, 1.165) is 49.6 Å². The predicted octanol–water partition coefficient (Wildman–Crippen LogP) is 2.43. The zero-order valence-electron chi connectivity index (χ0n) is 15.2. The van der Waals surface area contributed by atoms with Crippen molar-refractivity contribution in [1.82, 2.24) is 5.32 Å². The number of hydrogen-bond donors (Lipinski definition) is 1. The van der Waals surface area contributed by atoms with E-state index in [9.17, 15) is 4.79 Å². The smallest absolute Gasteiger partial charge is 0.224 e. The Balaban J connectivity index is 1.45. The minimum atomic E-state index is 0.0408. The first-order chi connectivity index (χ1) is 12.8. The van der Waals surface area contributed by atoms with E-state index < -0.39 is 0 Å². The number of anilines is 1. The van der Waals surface area contributed by atoms with Gasteiger partial charge in [-0.3, -0.25) is 4.79 Å². The molecule has 1 amide bonds. The van der Waals surface area contributed by atoms with Gasteiger partial charge in [0, 0.05) is 25.3 Å². The number of hydrogen-bond acceptors (Lipinski definition) is 4. The van der Waals surface area contributed by atoms with E-state index >= 15 is 0 Å². The lowest BCUT2D eigenvalue weighted by Gasteiger charge is -2.28. The van der Waals surface area contributed by atoms with Crippen LogP contribution < -0.4 is 15.0 Å². The Morgan fingerprint density at radius 3 is 2.58 bits per heavy atom. The summed E-state index contributed by atoms with van der Waals surface area (Å²) in [6.07, 6.45) is 1.15. The molecule has 26 heavy (non-hydrogen) atoms. The molecule has 0 unspecified atom stereocenters. The molecule has 0 aromatic heterocycles. The first-order valence-corrected chi connectivity index (χ1v) is 9.06. The van der Waals surface area contributed by atoms with Gasteiger partial charge in [0.2, 0.25) is 5.91 Å². The average molecular weight is 354 g/mol. The number of benzene rings is 2. The normalized spacial score (nSPS) is 14.1. The van der Waals surface area contributed by atoms with Gasteiger partial charge in [-0.1, -0.05) is 30.3 Å². The number of nitrogens with zero attached hydrogens (tertiary/aromatic N) is 1. The van der Waals surface area contributed by atoms with Crippen molar-refractivity contribution in [3.05, 3.63) is 59.7 Å². The zero-order valence-corrected chi connectivity index (χ0v) is 15.2. The molecule has 0 radical (unpaired) electrons. The Morgan fingerprint density at radius 1 is 1.12 bits per heavy atom. The largest absolute Gasteiger partial charge is 0.496 e. The molecule has 5 nitrogen and oxygen atoms in total. The van der Waals surface area contributed by atoms with Crippen LogP contribution in [-0.2, 0) is 22.4 Å². The van der Waals surface area contributed by atoms with Crippen LogP contribution in [0.2, 0.25) is 0 Å². The van der Waals surface area contributed by atoms with Crippen molar-refractivity contribution < 1.29 is 14.3 Å². The first-order valence-electron chi connectivity index (χ1n) is 9.06. The van der Waals surface area contributed by atoms with Gasteiger partial charge in [0.1, 0.15) is 5.75 Å². The first kappa shape index (κ1) is 18.3. The van der Waals surface area contributed by atoms with Gasteiger partial charge in [-0.25, -0.2) is 0 Å². The molecule has 1 saturated heterocycles. The standard InChI is InChI=1S/C21H26N2O3/c1-25-20-5-3-2-4-18(20)10-11-22-21(24)16-17-6-8-19(9-7-17)23-12-14-26-15-13-23/h2-9H,10-16H2,1H3,(H,22,24). The van der Waals surface area contributed by atoms with E-state index in [-0.39, 0.29) is 5.91 Å². The van der Waals surface area contributed by atoms with E-state index in [1.165, 1.54) is 5.69 Å². The maximum Gasteiger partial charge on any atom is 0.224 e. The molecule has 2 aromatic rings. The summed E-state index contributed by atoms with van der Waals surface area (Å²) in [5.41, 5.74) is 3.32. The predicted molar refractivity (Wildman–Crippen MR) is 103 cm³/mol.